The molecule has 6 nitrogen and oxygen atoms in total. The van der Waals surface area contributed by atoms with Crippen molar-refractivity contribution < 1.29 is 23.5 Å². The summed E-state index contributed by atoms with van der Waals surface area (Å²) >= 11 is 0. The SMILES string of the molecule is O=C(O)C(F)C1CCN(C(=O)c2cc(=O)[nH]c3cc(F)ccc23)C1. The van der Waals surface area contributed by atoms with E-state index in [-0.39, 0.29) is 30.6 Å². The number of rotatable bonds is 3. The minimum atomic E-state index is -2.03. The number of benzene rings is 1. The molecule has 2 heterocycles. The number of carboxylic acid groups (broad SMARTS) is 1. The van der Waals surface area contributed by atoms with Gasteiger partial charge in [-0.05, 0) is 24.6 Å². The number of alkyl halides is 1. The Morgan fingerprint density at radius 1 is 1.33 bits per heavy atom. The highest BCUT2D eigenvalue weighted by atomic mass is 19.1. The van der Waals surface area contributed by atoms with Crippen molar-refractivity contribution in [2.45, 2.75) is 12.6 Å². The van der Waals surface area contributed by atoms with Crippen molar-refractivity contribution in [3.63, 3.8) is 0 Å². The maximum absolute atomic E-state index is 13.6. The number of aliphatic carboxylic acids is 1. The lowest BCUT2D eigenvalue weighted by Gasteiger charge is -2.18. The molecule has 1 aromatic carbocycles. The zero-order chi connectivity index (χ0) is 17.4. The van der Waals surface area contributed by atoms with Crippen LogP contribution in [0.5, 0.6) is 0 Å². The molecule has 1 saturated heterocycles. The van der Waals surface area contributed by atoms with E-state index in [1.54, 1.807) is 0 Å². The highest BCUT2D eigenvalue weighted by Gasteiger charge is 2.36. The van der Waals surface area contributed by atoms with Gasteiger partial charge in [0, 0.05) is 30.5 Å². The molecule has 0 aliphatic carbocycles. The van der Waals surface area contributed by atoms with E-state index in [1.807, 2.05) is 0 Å². The number of nitrogens with zero attached hydrogens (tertiary/aromatic N) is 1. The number of halogens is 2. The minimum Gasteiger partial charge on any atom is -0.479 e. The minimum absolute atomic E-state index is 0.0399. The van der Waals surface area contributed by atoms with Gasteiger partial charge < -0.3 is 15.0 Å². The van der Waals surface area contributed by atoms with Gasteiger partial charge >= 0.3 is 5.97 Å². The molecule has 2 aromatic rings. The van der Waals surface area contributed by atoms with Crippen LogP contribution in [0.15, 0.2) is 29.1 Å². The van der Waals surface area contributed by atoms with Gasteiger partial charge in [0.1, 0.15) is 5.82 Å². The summed E-state index contributed by atoms with van der Waals surface area (Å²) < 4.78 is 26.9. The quantitative estimate of drug-likeness (QED) is 0.890. The molecule has 8 heteroatoms. The van der Waals surface area contributed by atoms with Crippen LogP contribution in [0.25, 0.3) is 10.9 Å². The van der Waals surface area contributed by atoms with Gasteiger partial charge in [-0.1, -0.05) is 0 Å². The van der Waals surface area contributed by atoms with Crippen LogP contribution in [0.2, 0.25) is 0 Å². The lowest BCUT2D eigenvalue weighted by Crippen LogP contribution is -2.33. The standard InChI is InChI=1S/C16H14F2N2O4/c17-9-1-2-10-11(6-13(21)19-12(10)5-9)15(22)20-4-3-8(7-20)14(18)16(23)24/h1-2,5-6,8,14H,3-4,7H2,(H,19,21)(H,23,24). The molecule has 1 aliphatic heterocycles. The van der Waals surface area contributed by atoms with Crippen molar-refractivity contribution in [3.8, 4) is 0 Å². The van der Waals surface area contributed by atoms with Crippen molar-refractivity contribution >= 4 is 22.8 Å². The highest BCUT2D eigenvalue weighted by molar-refractivity contribution is 6.06. The summed E-state index contributed by atoms with van der Waals surface area (Å²) in [4.78, 5) is 38.9. The number of hydrogen-bond donors (Lipinski definition) is 2. The summed E-state index contributed by atoms with van der Waals surface area (Å²) in [5.41, 5.74) is -0.281. The first-order valence-electron chi connectivity index (χ1n) is 7.35. The Hall–Kier alpha value is -2.77. The van der Waals surface area contributed by atoms with Gasteiger partial charge in [-0.3, -0.25) is 9.59 Å². The molecule has 0 spiro atoms. The molecule has 0 saturated carbocycles. The summed E-state index contributed by atoms with van der Waals surface area (Å²) in [6, 6.07) is 4.78. The molecular formula is C16H14F2N2O4. The van der Waals surface area contributed by atoms with E-state index in [4.69, 9.17) is 5.11 Å². The molecule has 1 fully saturated rings. The highest BCUT2D eigenvalue weighted by Crippen LogP contribution is 2.25. The molecule has 2 unspecified atom stereocenters. The number of hydrogen-bond acceptors (Lipinski definition) is 3. The van der Waals surface area contributed by atoms with Crippen LogP contribution < -0.4 is 5.56 Å². The van der Waals surface area contributed by atoms with Crippen molar-refractivity contribution in [1.29, 1.82) is 0 Å². The summed E-state index contributed by atoms with van der Waals surface area (Å²) in [6.45, 7) is 0.161. The number of aromatic amines is 1. The maximum atomic E-state index is 13.6. The van der Waals surface area contributed by atoms with Crippen LogP contribution in [0.3, 0.4) is 0 Å². The van der Waals surface area contributed by atoms with Crippen LogP contribution in [-0.4, -0.2) is 46.1 Å². The van der Waals surface area contributed by atoms with Crippen molar-refractivity contribution in [2.24, 2.45) is 5.92 Å². The number of aromatic nitrogens is 1. The first-order chi connectivity index (χ1) is 11.4. The molecule has 1 aromatic heterocycles. The van der Waals surface area contributed by atoms with Crippen molar-refractivity contribution in [3.05, 3.63) is 46.0 Å². The van der Waals surface area contributed by atoms with E-state index < -0.39 is 35.3 Å². The summed E-state index contributed by atoms with van der Waals surface area (Å²) in [6.07, 6.45) is -1.80. The van der Waals surface area contributed by atoms with Crippen LogP contribution in [-0.2, 0) is 4.79 Å². The van der Waals surface area contributed by atoms with E-state index in [9.17, 15) is 23.2 Å². The third kappa shape index (κ3) is 2.86. The largest absolute Gasteiger partial charge is 0.479 e. The summed E-state index contributed by atoms with van der Waals surface area (Å²) in [5.74, 6) is -3.38. The Kier molecular flexibility index (Phi) is 4.04. The van der Waals surface area contributed by atoms with E-state index in [1.165, 1.54) is 17.0 Å². The third-order valence-corrected chi connectivity index (χ3v) is 4.20. The normalized spacial score (nSPS) is 18.8. The number of H-pyrrole nitrogens is 1. The lowest BCUT2D eigenvalue weighted by molar-refractivity contribution is -0.144. The number of likely N-dealkylation sites (tertiary alicyclic amines) is 1. The van der Waals surface area contributed by atoms with E-state index in [0.29, 0.717) is 5.39 Å². The van der Waals surface area contributed by atoms with Gasteiger partial charge in [-0.25, -0.2) is 13.6 Å². The first kappa shape index (κ1) is 16.1. The number of nitrogens with one attached hydrogen (secondary N) is 1. The Morgan fingerprint density at radius 3 is 2.79 bits per heavy atom. The number of carbonyl (C=O) groups is 2. The predicted molar refractivity (Wildman–Crippen MR) is 81.1 cm³/mol. The molecular weight excluding hydrogens is 322 g/mol. The molecule has 1 aliphatic rings. The first-order valence-corrected chi connectivity index (χ1v) is 7.35. The van der Waals surface area contributed by atoms with Crippen LogP contribution in [0, 0.1) is 11.7 Å². The number of carboxylic acids is 1. The molecule has 2 atom stereocenters. The van der Waals surface area contributed by atoms with Crippen LogP contribution in [0.4, 0.5) is 8.78 Å². The number of fused-ring (bicyclic) bond motifs is 1. The molecule has 24 heavy (non-hydrogen) atoms. The van der Waals surface area contributed by atoms with Gasteiger partial charge in [0.2, 0.25) is 11.7 Å². The third-order valence-electron chi connectivity index (χ3n) is 4.20. The van der Waals surface area contributed by atoms with Gasteiger partial charge in [0.05, 0.1) is 11.1 Å². The van der Waals surface area contributed by atoms with Gasteiger partial charge in [-0.15, -0.1) is 0 Å². The zero-order valence-corrected chi connectivity index (χ0v) is 12.5. The van der Waals surface area contributed by atoms with Gasteiger partial charge in [0.25, 0.3) is 5.91 Å². The monoisotopic (exact) mass is 336 g/mol. The van der Waals surface area contributed by atoms with E-state index >= 15 is 0 Å². The lowest BCUT2D eigenvalue weighted by atomic mass is 10.0. The van der Waals surface area contributed by atoms with Gasteiger partial charge in [0.15, 0.2) is 0 Å². The van der Waals surface area contributed by atoms with E-state index in [2.05, 4.69) is 4.98 Å². The fourth-order valence-corrected chi connectivity index (χ4v) is 2.99. The molecule has 1 amide bonds. The Bertz CT molecular complexity index is 880. The number of carbonyl (C=O) groups excluding carboxylic acids is 1. The second-order valence-electron chi connectivity index (χ2n) is 5.78. The smallest absolute Gasteiger partial charge is 0.338 e. The average molecular weight is 336 g/mol. The van der Waals surface area contributed by atoms with Crippen molar-refractivity contribution in [1.82, 2.24) is 9.88 Å². The summed E-state index contributed by atoms with van der Waals surface area (Å²) in [5, 5.41) is 9.10. The molecule has 0 bridgehead atoms. The van der Waals surface area contributed by atoms with Gasteiger partial charge in [-0.2, -0.15) is 0 Å². The van der Waals surface area contributed by atoms with Crippen LogP contribution >= 0.6 is 0 Å². The zero-order valence-electron chi connectivity index (χ0n) is 12.5. The Balaban J connectivity index is 1.92. The number of amides is 1. The summed E-state index contributed by atoms with van der Waals surface area (Å²) in [7, 11) is 0. The average Bonchev–Trinajstić information content (AvgIpc) is 3.01. The fourth-order valence-electron chi connectivity index (χ4n) is 2.99. The second kappa shape index (κ2) is 6.03. The molecule has 3 rings (SSSR count). The topological polar surface area (TPSA) is 90.5 Å². The Labute approximate surface area is 134 Å². The number of pyridine rings is 1. The second-order valence-corrected chi connectivity index (χ2v) is 5.78. The van der Waals surface area contributed by atoms with Crippen molar-refractivity contribution in [2.75, 3.05) is 13.1 Å². The predicted octanol–water partition coefficient (Wildman–Crippen LogP) is 1.55. The molecule has 0 radical (unpaired) electrons. The van der Waals surface area contributed by atoms with E-state index in [0.717, 1.165) is 12.1 Å². The van der Waals surface area contributed by atoms with Crippen LogP contribution in [0.1, 0.15) is 16.8 Å². The molecule has 126 valence electrons. The maximum Gasteiger partial charge on any atom is 0.338 e. The molecule has 2 N–H and O–H groups in total. The Morgan fingerprint density at radius 2 is 2.08 bits per heavy atom. The fraction of sp³-hybridized carbons (Fsp3) is 0.312.